The maximum atomic E-state index is 12.2. The number of fused-ring (bicyclic) bond motifs is 1. The van der Waals surface area contributed by atoms with Crippen LogP contribution in [0, 0.1) is 13.8 Å². The number of nitrogens with zero attached hydrogens (tertiary/aromatic N) is 1. The average Bonchev–Trinajstić information content (AvgIpc) is 2.82. The van der Waals surface area contributed by atoms with E-state index in [0.717, 1.165) is 23.3 Å². The van der Waals surface area contributed by atoms with Gasteiger partial charge in [0.25, 0.3) is 11.7 Å². The van der Waals surface area contributed by atoms with Crippen molar-refractivity contribution in [3.8, 4) is 5.75 Å². The maximum absolute atomic E-state index is 12.2. The van der Waals surface area contributed by atoms with E-state index in [1.54, 1.807) is 6.07 Å². The van der Waals surface area contributed by atoms with Crippen LogP contribution in [0.1, 0.15) is 34.3 Å². The first-order chi connectivity index (χ1) is 12.4. The van der Waals surface area contributed by atoms with E-state index in [1.807, 2.05) is 32.0 Å². The largest absolute Gasteiger partial charge is 0.493 e. The Bertz CT molecular complexity index is 880. The summed E-state index contributed by atoms with van der Waals surface area (Å²) in [6.45, 7) is 4.99. The van der Waals surface area contributed by atoms with Crippen molar-refractivity contribution in [2.24, 2.45) is 0 Å². The van der Waals surface area contributed by atoms with Gasteiger partial charge >= 0.3 is 0 Å². The minimum Gasteiger partial charge on any atom is -0.493 e. The van der Waals surface area contributed by atoms with Crippen LogP contribution >= 0.6 is 23.2 Å². The number of carbonyl (C=O) groups is 2. The molecule has 0 atom stereocenters. The molecule has 1 heterocycles. The van der Waals surface area contributed by atoms with Crippen molar-refractivity contribution in [3.05, 3.63) is 57.1 Å². The van der Waals surface area contributed by atoms with Crippen LogP contribution in [0.15, 0.2) is 30.3 Å². The summed E-state index contributed by atoms with van der Waals surface area (Å²) in [4.78, 5) is 25.8. The molecule has 0 aromatic heterocycles. The highest BCUT2D eigenvalue weighted by atomic mass is 35.5. The van der Waals surface area contributed by atoms with Gasteiger partial charge in [0.05, 0.1) is 22.9 Å². The molecule has 0 radical (unpaired) electrons. The number of ether oxygens (including phenoxy) is 1. The highest BCUT2D eigenvalue weighted by Crippen LogP contribution is 2.38. The van der Waals surface area contributed by atoms with E-state index in [9.17, 15) is 9.59 Å². The molecule has 2 aromatic rings. The number of amides is 1. The zero-order valence-corrected chi connectivity index (χ0v) is 16.2. The Morgan fingerprint density at radius 1 is 1.04 bits per heavy atom. The summed E-state index contributed by atoms with van der Waals surface area (Å²) in [5.41, 5.74) is 2.98. The summed E-state index contributed by atoms with van der Waals surface area (Å²) in [6.07, 6.45) is 1.45. The number of hydrogen-bond donors (Lipinski definition) is 0. The first-order valence-electron chi connectivity index (χ1n) is 8.44. The van der Waals surface area contributed by atoms with Crippen molar-refractivity contribution in [3.63, 3.8) is 0 Å². The first-order valence-corrected chi connectivity index (χ1v) is 9.19. The molecule has 26 heavy (non-hydrogen) atoms. The Balaban J connectivity index is 1.58. The third-order valence-corrected chi connectivity index (χ3v) is 4.87. The highest BCUT2D eigenvalue weighted by Gasteiger charge is 2.37. The summed E-state index contributed by atoms with van der Waals surface area (Å²) >= 11 is 12.1. The lowest BCUT2D eigenvalue weighted by Crippen LogP contribution is -2.31. The fourth-order valence-corrected chi connectivity index (χ4v) is 3.58. The van der Waals surface area contributed by atoms with Crippen LogP contribution < -0.4 is 9.64 Å². The number of anilines is 1. The number of unbranched alkanes of at least 4 members (excludes halogenated alkanes) is 1. The molecule has 4 nitrogen and oxygen atoms in total. The molecule has 0 unspecified atom stereocenters. The Morgan fingerprint density at radius 3 is 2.58 bits per heavy atom. The Labute approximate surface area is 162 Å². The van der Waals surface area contributed by atoms with Gasteiger partial charge < -0.3 is 9.64 Å². The van der Waals surface area contributed by atoms with Crippen LogP contribution in [0.25, 0.3) is 0 Å². The Hall–Kier alpha value is -2.04. The monoisotopic (exact) mass is 391 g/mol. The van der Waals surface area contributed by atoms with Crippen molar-refractivity contribution in [2.75, 3.05) is 18.1 Å². The SMILES string of the molecule is Cc1ccc(C)c(OCCCCN2C(=O)C(=O)c3cc(Cl)cc(Cl)c32)c1. The van der Waals surface area contributed by atoms with Gasteiger partial charge in [-0.15, -0.1) is 0 Å². The maximum Gasteiger partial charge on any atom is 0.299 e. The molecule has 0 bridgehead atoms. The summed E-state index contributed by atoms with van der Waals surface area (Å²) in [6, 6.07) is 9.13. The molecule has 0 aliphatic carbocycles. The number of benzene rings is 2. The zero-order chi connectivity index (χ0) is 18.8. The van der Waals surface area contributed by atoms with Crippen molar-refractivity contribution in [1.29, 1.82) is 0 Å². The molecule has 0 fully saturated rings. The fraction of sp³-hybridized carbons (Fsp3) is 0.300. The topological polar surface area (TPSA) is 46.6 Å². The third-order valence-electron chi connectivity index (χ3n) is 4.36. The molecule has 0 saturated carbocycles. The van der Waals surface area contributed by atoms with E-state index in [1.165, 1.54) is 11.0 Å². The van der Waals surface area contributed by atoms with Crippen LogP contribution in [-0.2, 0) is 4.79 Å². The summed E-state index contributed by atoms with van der Waals surface area (Å²) < 4.78 is 5.83. The minimum absolute atomic E-state index is 0.277. The summed E-state index contributed by atoms with van der Waals surface area (Å²) in [7, 11) is 0. The van der Waals surface area contributed by atoms with E-state index < -0.39 is 11.7 Å². The van der Waals surface area contributed by atoms with E-state index in [4.69, 9.17) is 27.9 Å². The second-order valence-electron chi connectivity index (χ2n) is 6.39. The molecular formula is C20H19Cl2NO3. The molecule has 1 aliphatic rings. The van der Waals surface area contributed by atoms with E-state index in [0.29, 0.717) is 35.3 Å². The molecule has 6 heteroatoms. The van der Waals surface area contributed by atoms with Crippen LogP contribution in [0.5, 0.6) is 5.75 Å². The van der Waals surface area contributed by atoms with Crippen LogP contribution in [0.2, 0.25) is 10.0 Å². The standard InChI is InChI=1S/C20H19Cl2NO3/c1-12-5-6-13(2)17(9-12)26-8-4-3-7-23-18-15(19(24)20(23)25)10-14(21)11-16(18)22/h5-6,9-11H,3-4,7-8H2,1-2H3. The molecule has 136 valence electrons. The van der Waals surface area contributed by atoms with Crippen molar-refractivity contribution in [1.82, 2.24) is 0 Å². The number of Topliss-reactive ketones (excluding diaryl/α,β-unsaturated/α-hetero) is 1. The smallest absolute Gasteiger partial charge is 0.299 e. The molecule has 0 saturated heterocycles. The Kier molecular flexibility index (Phi) is 5.54. The van der Waals surface area contributed by atoms with E-state index in [-0.39, 0.29) is 5.56 Å². The lowest BCUT2D eigenvalue weighted by Gasteiger charge is -2.18. The normalized spacial score (nSPS) is 13.3. The summed E-state index contributed by atoms with van der Waals surface area (Å²) in [5, 5.41) is 0.664. The van der Waals surface area contributed by atoms with Gasteiger partial charge in [-0.3, -0.25) is 9.59 Å². The molecule has 0 spiro atoms. The number of halogens is 2. The molecule has 1 aliphatic heterocycles. The highest BCUT2D eigenvalue weighted by molar-refractivity contribution is 6.54. The van der Waals surface area contributed by atoms with Crippen LogP contribution in [0.3, 0.4) is 0 Å². The van der Waals surface area contributed by atoms with Gasteiger partial charge in [-0.25, -0.2) is 0 Å². The lowest BCUT2D eigenvalue weighted by molar-refractivity contribution is -0.114. The fourth-order valence-electron chi connectivity index (χ4n) is 2.98. The van der Waals surface area contributed by atoms with Gasteiger partial charge in [0.2, 0.25) is 0 Å². The van der Waals surface area contributed by atoms with Crippen molar-refractivity contribution >= 4 is 40.6 Å². The number of rotatable bonds is 6. The minimum atomic E-state index is -0.559. The average molecular weight is 392 g/mol. The van der Waals surface area contributed by atoms with Gasteiger partial charge in [-0.1, -0.05) is 35.3 Å². The zero-order valence-electron chi connectivity index (χ0n) is 14.6. The number of aryl methyl sites for hydroxylation is 2. The number of hydrogen-bond acceptors (Lipinski definition) is 3. The van der Waals surface area contributed by atoms with Gasteiger partial charge in [0.15, 0.2) is 0 Å². The van der Waals surface area contributed by atoms with Crippen LogP contribution in [-0.4, -0.2) is 24.8 Å². The van der Waals surface area contributed by atoms with Gasteiger partial charge in [0.1, 0.15) is 5.75 Å². The quantitative estimate of drug-likeness (QED) is 0.514. The second kappa shape index (κ2) is 7.68. The predicted octanol–water partition coefficient (Wildman–Crippen LogP) is 5.00. The molecule has 0 N–H and O–H groups in total. The van der Waals surface area contributed by atoms with Crippen molar-refractivity contribution in [2.45, 2.75) is 26.7 Å². The van der Waals surface area contributed by atoms with Gasteiger partial charge in [-0.05, 0) is 56.0 Å². The second-order valence-corrected chi connectivity index (χ2v) is 7.24. The third kappa shape index (κ3) is 3.71. The predicted molar refractivity (Wildman–Crippen MR) is 104 cm³/mol. The summed E-state index contributed by atoms with van der Waals surface area (Å²) in [5.74, 6) is -0.240. The Morgan fingerprint density at radius 2 is 1.81 bits per heavy atom. The molecular weight excluding hydrogens is 373 g/mol. The van der Waals surface area contributed by atoms with Crippen LogP contribution in [0.4, 0.5) is 5.69 Å². The molecule has 1 amide bonds. The van der Waals surface area contributed by atoms with Gasteiger partial charge in [0, 0.05) is 11.6 Å². The molecule has 3 rings (SSSR count). The first kappa shape index (κ1) is 18.7. The van der Waals surface area contributed by atoms with Crippen molar-refractivity contribution < 1.29 is 14.3 Å². The van der Waals surface area contributed by atoms with E-state index in [2.05, 4.69) is 0 Å². The van der Waals surface area contributed by atoms with Gasteiger partial charge in [-0.2, -0.15) is 0 Å². The van der Waals surface area contributed by atoms with E-state index >= 15 is 0 Å². The number of ketones is 1. The molecule has 2 aromatic carbocycles. The number of carbonyl (C=O) groups excluding carboxylic acids is 2. The lowest BCUT2D eigenvalue weighted by atomic mass is 10.1.